The maximum absolute atomic E-state index is 12.7. The third-order valence-corrected chi connectivity index (χ3v) is 2.39. The van der Waals surface area contributed by atoms with E-state index in [1.165, 1.54) is 19.1 Å². The van der Waals surface area contributed by atoms with Crippen molar-refractivity contribution in [2.45, 2.75) is 25.3 Å². The number of phenolic OH excluding ortho intramolecular Hbond substituents is 2. The summed E-state index contributed by atoms with van der Waals surface area (Å²) in [5.74, 6) is -4.59. The summed E-state index contributed by atoms with van der Waals surface area (Å²) in [4.78, 5) is 0. The molecule has 0 aliphatic heterocycles. The van der Waals surface area contributed by atoms with Crippen LogP contribution in [0.25, 0.3) is 0 Å². The minimum absolute atomic E-state index is 0.237. The van der Waals surface area contributed by atoms with Crippen molar-refractivity contribution in [3.63, 3.8) is 0 Å². The van der Waals surface area contributed by atoms with Crippen molar-refractivity contribution < 1.29 is 27.8 Å². The molecule has 0 spiro atoms. The Morgan fingerprint density at radius 2 is 1.67 bits per heavy atom. The SMILES string of the molecule is CC(NCC(F)(F)C(F)F)c1cc(O)cc(O)c1. The Hall–Kier alpha value is -1.50. The molecule has 7 heteroatoms. The molecule has 1 unspecified atom stereocenters. The Kier molecular flexibility index (Phi) is 4.39. The number of phenols is 2. The predicted molar refractivity (Wildman–Crippen MR) is 57.1 cm³/mol. The highest BCUT2D eigenvalue weighted by molar-refractivity contribution is 5.37. The number of alkyl halides is 4. The van der Waals surface area contributed by atoms with Crippen LogP contribution in [0.4, 0.5) is 17.6 Å². The van der Waals surface area contributed by atoms with Gasteiger partial charge in [-0.2, -0.15) is 8.78 Å². The summed E-state index contributed by atoms with van der Waals surface area (Å²) in [5.41, 5.74) is 0.317. The van der Waals surface area contributed by atoms with Gasteiger partial charge in [0.15, 0.2) is 0 Å². The van der Waals surface area contributed by atoms with Gasteiger partial charge in [-0.05, 0) is 24.6 Å². The molecular weight excluding hydrogens is 254 g/mol. The van der Waals surface area contributed by atoms with Gasteiger partial charge in [0.1, 0.15) is 11.5 Å². The lowest BCUT2D eigenvalue weighted by Gasteiger charge is -2.20. The molecule has 1 atom stereocenters. The van der Waals surface area contributed by atoms with E-state index >= 15 is 0 Å². The smallest absolute Gasteiger partial charge is 0.319 e. The van der Waals surface area contributed by atoms with E-state index in [0.29, 0.717) is 5.56 Å². The van der Waals surface area contributed by atoms with Crippen LogP contribution in [0, 0.1) is 0 Å². The van der Waals surface area contributed by atoms with Gasteiger partial charge in [-0.1, -0.05) is 0 Å². The molecule has 3 N–H and O–H groups in total. The maximum Gasteiger partial charge on any atom is 0.319 e. The Morgan fingerprint density at radius 1 is 1.17 bits per heavy atom. The molecule has 102 valence electrons. The lowest BCUT2D eigenvalue weighted by atomic mass is 10.1. The Morgan fingerprint density at radius 3 is 2.11 bits per heavy atom. The number of aromatic hydroxyl groups is 2. The average molecular weight is 267 g/mol. The van der Waals surface area contributed by atoms with Crippen LogP contribution in [0.1, 0.15) is 18.5 Å². The number of benzene rings is 1. The van der Waals surface area contributed by atoms with Crippen molar-refractivity contribution in [1.82, 2.24) is 5.32 Å². The van der Waals surface area contributed by atoms with E-state index < -0.39 is 24.9 Å². The number of nitrogens with one attached hydrogen (secondary N) is 1. The topological polar surface area (TPSA) is 52.5 Å². The Bertz CT molecular complexity index is 392. The van der Waals surface area contributed by atoms with Crippen LogP contribution in [0.2, 0.25) is 0 Å². The number of halogens is 4. The van der Waals surface area contributed by atoms with Gasteiger partial charge in [0, 0.05) is 12.1 Å². The molecule has 0 aliphatic rings. The van der Waals surface area contributed by atoms with E-state index in [1.54, 1.807) is 0 Å². The molecule has 0 radical (unpaired) electrons. The van der Waals surface area contributed by atoms with Crippen molar-refractivity contribution in [2.75, 3.05) is 6.54 Å². The van der Waals surface area contributed by atoms with Gasteiger partial charge in [-0.15, -0.1) is 0 Å². The number of rotatable bonds is 5. The van der Waals surface area contributed by atoms with Gasteiger partial charge < -0.3 is 15.5 Å². The quantitative estimate of drug-likeness (QED) is 0.719. The summed E-state index contributed by atoms with van der Waals surface area (Å²) in [6, 6.07) is 2.85. The van der Waals surface area contributed by atoms with Crippen LogP contribution < -0.4 is 5.32 Å². The fourth-order valence-electron chi connectivity index (χ4n) is 1.35. The van der Waals surface area contributed by atoms with Crippen molar-refractivity contribution in [2.24, 2.45) is 0 Å². The van der Waals surface area contributed by atoms with E-state index in [9.17, 15) is 27.8 Å². The first-order chi connectivity index (χ1) is 8.22. The first kappa shape index (κ1) is 14.6. The normalized spacial score (nSPS) is 13.9. The minimum atomic E-state index is -4.12. The van der Waals surface area contributed by atoms with Gasteiger partial charge in [0.25, 0.3) is 0 Å². The molecular formula is C11H13F4NO2. The standard InChI is InChI=1S/C11H13F4NO2/c1-6(16-5-11(14,15)10(12)13)7-2-8(17)4-9(18)3-7/h2-4,6,10,16-18H,5H2,1H3. The molecule has 0 aromatic heterocycles. The van der Waals surface area contributed by atoms with E-state index in [4.69, 9.17) is 0 Å². The van der Waals surface area contributed by atoms with E-state index in [-0.39, 0.29) is 11.5 Å². The molecule has 3 nitrogen and oxygen atoms in total. The van der Waals surface area contributed by atoms with Crippen molar-refractivity contribution in [3.05, 3.63) is 23.8 Å². The monoisotopic (exact) mass is 267 g/mol. The zero-order valence-corrected chi connectivity index (χ0v) is 9.50. The molecule has 0 amide bonds. The third-order valence-electron chi connectivity index (χ3n) is 2.39. The molecule has 0 saturated heterocycles. The van der Waals surface area contributed by atoms with Gasteiger partial charge in [0.2, 0.25) is 0 Å². The van der Waals surface area contributed by atoms with Crippen LogP contribution in [0.3, 0.4) is 0 Å². The minimum Gasteiger partial charge on any atom is -0.508 e. The highest BCUT2D eigenvalue weighted by atomic mass is 19.3. The van der Waals surface area contributed by atoms with Crippen LogP contribution in [-0.2, 0) is 0 Å². The molecule has 0 saturated carbocycles. The lowest BCUT2D eigenvalue weighted by molar-refractivity contribution is -0.126. The van der Waals surface area contributed by atoms with Gasteiger partial charge in [-0.3, -0.25) is 0 Å². The summed E-state index contributed by atoms with van der Waals surface area (Å²) in [5, 5.41) is 20.6. The third kappa shape index (κ3) is 3.76. The summed E-state index contributed by atoms with van der Waals surface area (Å²) in [6.45, 7) is 0.262. The number of hydrogen-bond acceptors (Lipinski definition) is 3. The molecule has 1 aromatic rings. The summed E-state index contributed by atoms with van der Waals surface area (Å²) < 4.78 is 49.2. The fourth-order valence-corrected chi connectivity index (χ4v) is 1.35. The predicted octanol–water partition coefficient (Wildman–Crippen LogP) is 2.65. The fraction of sp³-hybridized carbons (Fsp3) is 0.455. The second-order valence-electron chi connectivity index (χ2n) is 3.95. The molecule has 18 heavy (non-hydrogen) atoms. The highest BCUT2D eigenvalue weighted by Crippen LogP contribution is 2.26. The molecule has 0 aliphatic carbocycles. The average Bonchev–Trinajstić information content (AvgIpc) is 2.24. The zero-order valence-electron chi connectivity index (χ0n) is 9.50. The first-order valence-corrected chi connectivity index (χ1v) is 5.14. The van der Waals surface area contributed by atoms with Crippen LogP contribution in [0.15, 0.2) is 18.2 Å². The van der Waals surface area contributed by atoms with Crippen LogP contribution >= 0.6 is 0 Å². The van der Waals surface area contributed by atoms with Gasteiger partial charge in [-0.25, -0.2) is 8.78 Å². The van der Waals surface area contributed by atoms with E-state index in [1.807, 2.05) is 0 Å². The molecule has 1 aromatic carbocycles. The summed E-state index contributed by atoms with van der Waals surface area (Å²) in [6.07, 6.45) is -3.74. The zero-order chi connectivity index (χ0) is 13.9. The lowest BCUT2D eigenvalue weighted by Crippen LogP contribution is -2.39. The van der Waals surface area contributed by atoms with Crippen molar-refractivity contribution in [1.29, 1.82) is 0 Å². The highest BCUT2D eigenvalue weighted by Gasteiger charge is 2.40. The second-order valence-corrected chi connectivity index (χ2v) is 3.95. The molecule has 0 heterocycles. The van der Waals surface area contributed by atoms with E-state index in [2.05, 4.69) is 5.32 Å². The maximum atomic E-state index is 12.7. The Labute approximate surface area is 101 Å². The second kappa shape index (κ2) is 5.43. The largest absolute Gasteiger partial charge is 0.508 e. The Balaban J connectivity index is 2.68. The summed E-state index contributed by atoms with van der Waals surface area (Å²) >= 11 is 0. The van der Waals surface area contributed by atoms with E-state index in [0.717, 1.165) is 6.07 Å². The molecule has 0 fully saturated rings. The van der Waals surface area contributed by atoms with Crippen LogP contribution in [0.5, 0.6) is 11.5 Å². The number of hydrogen-bond donors (Lipinski definition) is 3. The van der Waals surface area contributed by atoms with Gasteiger partial charge >= 0.3 is 12.3 Å². The first-order valence-electron chi connectivity index (χ1n) is 5.14. The van der Waals surface area contributed by atoms with Crippen molar-refractivity contribution >= 4 is 0 Å². The molecule has 1 rings (SSSR count). The van der Waals surface area contributed by atoms with Crippen molar-refractivity contribution in [3.8, 4) is 11.5 Å². The van der Waals surface area contributed by atoms with Gasteiger partial charge in [0.05, 0.1) is 6.54 Å². The molecule has 0 bridgehead atoms. The summed E-state index contributed by atoms with van der Waals surface area (Å²) in [7, 11) is 0. The van der Waals surface area contributed by atoms with Crippen LogP contribution in [-0.4, -0.2) is 29.1 Å².